The van der Waals surface area contributed by atoms with Gasteiger partial charge in [-0.25, -0.2) is 9.78 Å². The van der Waals surface area contributed by atoms with E-state index < -0.39 is 5.97 Å². The van der Waals surface area contributed by atoms with Crippen LogP contribution in [0.4, 0.5) is 5.69 Å². The van der Waals surface area contributed by atoms with Crippen LogP contribution >= 0.6 is 0 Å². The maximum Gasteiger partial charge on any atom is 0.339 e. The molecule has 0 unspecified atom stereocenters. The Hall–Kier alpha value is -3.15. The molecule has 0 aliphatic rings. The number of anilines is 1. The Morgan fingerprint density at radius 2 is 1.92 bits per heavy atom. The number of para-hydroxylation sites is 1. The molecule has 0 fully saturated rings. The van der Waals surface area contributed by atoms with Crippen molar-refractivity contribution in [2.45, 2.75) is 6.92 Å². The molecule has 3 rings (SSSR count). The summed E-state index contributed by atoms with van der Waals surface area (Å²) in [5.74, 6) is 0.0665. The molecule has 0 saturated carbocycles. The van der Waals surface area contributed by atoms with E-state index in [0.29, 0.717) is 16.8 Å². The topological polar surface area (TPSA) is 73.2 Å². The zero-order valence-corrected chi connectivity index (χ0v) is 13.7. The van der Waals surface area contributed by atoms with E-state index in [-0.39, 0.29) is 5.91 Å². The molecule has 0 atom stereocenters. The minimum absolute atomic E-state index is 0.308. The van der Waals surface area contributed by atoms with Gasteiger partial charge in [0.05, 0.1) is 29.4 Å². The second-order valence-electron chi connectivity index (χ2n) is 5.41. The summed E-state index contributed by atoms with van der Waals surface area (Å²) in [6.07, 6.45) is 0. The fraction of sp³-hybridized carbons (Fsp3) is 0.167. The first-order valence-electron chi connectivity index (χ1n) is 7.43. The quantitative estimate of drug-likeness (QED) is 0.752. The summed E-state index contributed by atoms with van der Waals surface area (Å²) in [7, 11) is 3.23. The molecule has 0 aliphatic carbocycles. The van der Waals surface area contributed by atoms with Gasteiger partial charge in [-0.05, 0) is 37.3 Å². The molecule has 0 spiro atoms. The smallest absolute Gasteiger partial charge is 0.339 e. The summed E-state index contributed by atoms with van der Waals surface area (Å²) in [6, 6.07) is 12.0. The summed E-state index contributed by atoms with van der Waals surface area (Å²) in [4.78, 5) is 28.7. The van der Waals surface area contributed by atoms with E-state index in [1.807, 2.05) is 24.6 Å². The maximum atomic E-state index is 12.5. The van der Waals surface area contributed by atoms with Crippen LogP contribution in [-0.4, -0.2) is 28.5 Å². The van der Waals surface area contributed by atoms with Crippen LogP contribution in [0.15, 0.2) is 42.5 Å². The highest BCUT2D eigenvalue weighted by Gasteiger charge is 2.15. The van der Waals surface area contributed by atoms with E-state index in [2.05, 4.69) is 10.3 Å². The molecule has 2 aromatic carbocycles. The molecule has 6 nitrogen and oxygen atoms in total. The van der Waals surface area contributed by atoms with Crippen LogP contribution in [-0.2, 0) is 11.8 Å². The number of carbonyl (C=O) groups is 2. The summed E-state index contributed by atoms with van der Waals surface area (Å²) < 4.78 is 6.70. The zero-order chi connectivity index (χ0) is 17.3. The average Bonchev–Trinajstić information content (AvgIpc) is 2.88. The predicted molar refractivity (Wildman–Crippen MR) is 91.2 cm³/mol. The lowest BCUT2D eigenvalue weighted by molar-refractivity contribution is 0.0602. The minimum Gasteiger partial charge on any atom is -0.465 e. The van der Waals surface area contributed by atoms with Gasteiger partial charge in [0.1, 0.15) is 5.82 Å². The number of hydrogen-bond acceptors (Lipinski definition) is 4. The number of benzene rings is 2. The Balaban J connectivity index is 1.92. The van der Waals surface area contributed by atoms with Gasteiger partial charge in [0, 0.05) is 12.6 Å². The second-order valence-corrected chi connectivity index (χ2v) is 5.41. The number of fused-ring (bicyclic) bond motifs is 1. The SMILES string of the molecule is COC(=O)c1ccccc1NC(=O)c1ccc2c(c1)nc(C)n2C. The Morgan fingerprint density at radius 3 is 2.67 bits per heavy atom. The lowest BCUT2D eigenvalue weighted by Crippen LogP contribution is -2.15. The Bertz CT molecular complexity index is 944. The first-order chi connectivity index (χ1) is 11.5. The molecule has 1 N–H and O–H groups in total. The molecule has 1 amide bonds. The third-order valence-electron chi connectivity index (χ3n) is 3.95. The van der Waals surface area contributed by atoms with Gasteiger partial charge in [0.25, 0.3) is 5.91 Å². The molecule has 0 aliphatic heterocycles. The third kappa shape index (κ3) is 2.74. The van der Waals surface area contributed by atoms with Crippen LogP contribution in [0.3, 0.4) is 0 Å². The van der Waals surface area contributed by atoms with Crippen molar-refractivity contribution >= 4 is 28.6 Å². The number of nitrogens with one attached hydrogen (secondary N) is 1. The van der Waals surface area contributed by atoms with Crippen molar-refractivity contribution in [3.05, 3.63) is 59.4 Å². The molecule has 0 saturated heterocycles. The summed E-state index contributed by atoms with van der Waals surface area (Å²) >= 11 is 0. The second kappa shape index (κ2) is 6.16. The normalized spacial score (nSPS) is 10.6. The van der Waals surface area contributed by atoms with Gasteiger partial charge in [-0.3, -0.25) is 4.79 Å². The zero-order valence-electron chi connectivity index (χ0n) is 13.7. The Morgan fingerprint density at radius 1 is 1.17 bits per heavy atom. The molecular formula is C18H17N3O3. The molecule has 122 valence electrons. The fourth-order valence-electron chi connectivity index (χ4n) is 2.54. The van der Waals surface area contributed by atoms with Crippen LogP contribution in [0.1, 0.15) is 26.5 Å². The highest BCUT2D eigenvalue weighted by Crippen LogP contribution is 2.20. The van der Waals surface area contributed by atoms with E-state index in [0.717, 1.165) is 16.9 Å². The number of ether oxygens (including phenoxy) is 1. The van der Waals surface area contributed by atoms with Crippen LogP contribution < -0.4 is 5.32 Å². The van der Waals surface area contributed by atoms with Gasteiger partial charge in [0.2, 0.25) is 0 Å². The van der Waals surface area contributed by atoms with Crippen molar-refractivity contribution in [2.24, 2.45) is 7.05 Å². The summed E-state index contributed by atoms with van der Waals surface area (Å²) in [5.41, 5.74) is 2.90. The van der Waals surface area contributed by atoms with E-state index in [1.54, 1.807) is 36.4 Å². The number of hydrogen-bond donors (Lipinski definition) is 1. The van der Waals surface area contributed by atoms with Crippen LogP contribution in [0.5, 0.6) is 0 Å². The number of methoxy groups -OCH3 is 1. The third-order valence-corrected chi connectivity index (χ3v) is 3.95. The van der Waals surface area contributed by atoms with Crippen molar-refractivity contribution in [3.8, 4) is 0 Å². The summed E-state index contributed by atoms with van der Waals surface area (Å²) in [5, 5.41) is 2.75. The molecule has 0 radical (unpaired) electrons. The maximum absolute atomic E-state index is 12.5. The highest BCUT2D eigenvalue weighted by molar-refractivity contribution is 6.09. The number of aromatic nitrogens is 2. The van der Waals surface area contributed by atoms with E-state index in [9.17, 15) is 9.59 Å². The lowest BCUT2D eigenvalue weighted by atomic mass is 10.1. The molecule has 3 aromatic rings. The number of nitrogens with zero attached hydrogens (tertiary/aromatic N) is 2. The Kier molecular flexibility index (Phi) is 4.04. The number of esters is 1. The Labute approximate surface area is 139 Å². The van der Waals surface area contributed by atoms with Gasteiger partial charge in [-0.15, -0.1) is 0 Å². The highest BCUT2D eigenvalue weighted by atomic mass is 16.5. The van der Waals surface area contributed by atoms with Crippen molar-refractivity contribution in [1.82, 2.24) is 9.55 Å². The van der Waals surface area contributed by atoms with Gasteiger partial charge >= 0.3 is 5.97 Å². The van der Waals surface area contributed by atoms with Crippen LogP contribution in [0, 0.1) is 6.92 Å². The fourth-order valence-corrected chi connectivity index (χ4v) is 2.54. The first kappa shape index (κ1) is 15.7. The number of aryl methyl sites for hydroxylation is 2. The van der Waals surface area contributed by atoms with Crippen LogP contribution in [0.2, 0.25) is 0 Å². The van der Waals surface area contributed by atoms with E-state index >= 15 is 0 Å². The lowest BCUT2D eigenvalue weighted by Gasteiger charge is -2.09. The van der Waals surface area contributed by atoms with Gasteiger partial charge in [0.15, 0.2) is 0 Å². The van der Waals surface area contributed by atoms with Gasteiger partial charge < -0.3 is 14.6 Å². The molecule has 24 heavy (non-hydrogen) atoms. The predicted octanol–water partition coefficient (Wildman–Crippen LogP) is 2.92. The molecule has 6 heteroatoms. The molecule has 1 heterocycles. The summed E-state index contributed by atoms with van der Waals surface area (Å²) in [6.45, 7) is 1.91. The van der Waals surface area contributed by atoms with Crippen molar-refractivity contribution in [2.75, 3.05) is 12.4 Å². The largest absolute Gasteiger partial charge is 0.465 e. The monoisotopic (exact) mass is 323 g/mol. The molecule has 1 aromatic heterocycles. The number of rotatable bonds is 3. The van der Waals surface area contributed by atoms with Crippen molar-refractivity contribution in [1.29, 1.82) is 0 Å². The van der Waals surface area contributed by atoms with Crippen molar-refractivity contribution in [3.63, 3.8) is 0 Å². The average molecular weight is 323 g/mol. The van der Waals surface area contributed by atoms with Crippen LogP contribution in [0.25, 0.3) is 11.0 Å². The van der Waals surface area contributed by atoms with E-state index in [4.69, 9.17) is 4.74 Å². The molecular weight excluding hydrogens is 306 g/mol. The standard InChI is InChI=1S/C18H17N3O3/c1-11-19-15-10-12(8-9-16(15)21(11)2)17(22)20-14-7-5-4-6-13(14)18(23)24-3/h4-10H,1-3H3,(H,20,22). The molecule has 0 bridgehead atoms. The van der Waals surface area contributed by atoms with E-state index in [1.165, 1.54) is 7.11 Å². The van der Waals surface area contributed by atoms with Gasteiger partial charge in [-0.1, -0.05) is 12.1 Å². The number of imidazole rings is 1. The number of amides is 1. The van der Waals surface area contributed by atoms with Crippen molar-refractivity contribution < 1.29 is 14.3 Å². The van der Waals surface area contributed by atoms with Gasteiger partial charge in [-0.2, -0.15) is 0 Å². The minimum atomic E-state index is -0.498. The number of carbonyl (C=O) groups excluding carboxylic acids is 2. The first-order valence-corrected chi connectivity index (χ1v) is 7.43.